The fraction of sp³-hybridized carbons (Fsp3) is 0.667. The maximum atomic E-state index is 10.7. The van der Waals surface area contributed by atoms with Crippen LogP contribution in [0.15, 0.2) is 0 Å². The van der Waals surface area contributed by atoms with Gasteiger partial charge >= 0.3 is 11.9 Å². The van der Waals surface area contributed by atoms with Crippen molar-refractivity contribution in [3.8, 4) is 0 Å². The Labute approximate surface area is 63.1 Å². The number of hydrogen-bond donors (Lipinski definition) is 2. The highest BCUT2D eigenvalue weighted by Gasteiger charge is 2.58. The molecule has 5 heteroatoms. The van der Waals surface area contributed by atoms with Gasteiger partial charge in [0.05, 0.1) is 18.9 Å². The molecule has 0 heterocycles. The molecule has 0 aromatic carbocycles. The summed E-state index contributed by atoms with van der Waals surface area (Å²) in [6.45, 7) is 0. The zero-order valence-corrected chi connectivity index (χ0v) is 5.98. The Morgan fingerprint density at radius 2 is 2.00 bits per heavy atom. The highest BCUT2D eigenvalue weighted by Crippen LogP contribution is 2.38. The predicted molar refractivity (Wildman–Crippen MR) is 34.6 cm³/mol. The number of ether oxygens (including phenoxy) is 1. The Balaban J connectivity index is 2.54. The Hall–Kier alpha value is -1.10. The van der Waals surface area contributed by atoms with E-state index in [4.69, 9.17) is 10.8 Å². The van der Waals surface area contributed by atoms with Gasteiger partial charge in [-0.05, 0) is 0 Å². The van der Waals surface area contributed by atoms with Crippen LogP contribution in [0.5, 0.6) is 0 Å². The summed E-state index contributed by atoms with van der Waals surface area (Å²) in [6.07, 6.45) is 0. The highest BCUT2D eigenvalue weighted by atomic mass is 16.5. The summed E-state index contributed by atoms with van der Waals surface area (Å²) in [4.78, 5) is 21.0. The number of rotatable bonds is 2. The normalized spacial score (nSPS) is 34.5. The molecule has 5 nitrogen and oxygen atoms in total. The van der Waals surface area contributed by atoms with Crippen LogP contribution in [0.3, 0.4) is 0 Å². The van der Waals surface area contributed by atoms with E-state index in [1.165, 1.54) is 7.11 Å². The van der Waals surface area contributed by atoms with Crippen LogP contribution >= 0.6 is 0 Å². The lowest BCUT2D eigenvalue weighted by atomic mass is 10.3. The van der Waals surface area contributed by atoms with Crippen LogP contribution in [0.2, 0.25) is 0 Å². The van der Waals surface area contributed by atoms with Gasteiger partial charge in [0.2, 0.25) is 0 Å². The second-order valence-electron chi connectivity index (χ2n) is 2.49. The molecule has 0 unspecified atom stereocenters. The summed E-state index contributed by atoms with van der Waals surface area (Å²) in [6, 6.07) is -0.569. The molecular weight excluding hydrogens is 150 g/mol. The van der Waals surface area contributed by atoms with Gasteiger partial charge in [0.1, 0.15) is 0 Å². The minimum absolute atomic E-state index is 0.537. The van der Waals surface area contributed by atoms with Gasteiger partial charge in [-0.3, -0.25) is 9.59 Å². The van der Waals surface area contributed by atoms with Crippen molar-refractivity contribution in [2.75, 3.05) is 7.11 Å². The van der Waals surface area contributed by atoms with Crippen LogP contribution in [0.1, 0.15) is 0 Å². The van der Waals surface area contributed by atoms with Crippen molar-refractivity contribution in [2.24, 2.45) is 17.6 Å². The molecule has 1 aliphatic rings. The molecule has 0 bridgehead atoms. The van der Waals surface area contributed by atoms with Crippen LogP contribution in [-0.2, 0) is 14.3 Å². The van der Waals surface area contributed by atoms with Crippen LogP contribution in [0.25, 0.3) is 0 Å². The fourth-order valence-corrected chi connectivity index (χ4v) is 1.09. The predicted octanol–water partition coefficient (Wildman–Crippen LogP) is -1.18. The van der Waals surface area contributed by atoms with Crippen molar-refractivity contribution in [1.82, 2.24) is 0 Å². The SMILES string of the molecule is COC(=O)[C@H]1[C@H](N)[C@@H]1C(=O)O. The van der Waals surface area contributed by atoms with Gasteiger partial charge in [0.25, 0.3) is 0 Å². The van der Waals surface area contributed by atoms with Crippen molar-refractivity contribution in [3.63, 3.8) is 0 Å². The van der Waals surface area contributed by atoms with Crippen molar-refractivity contribution in [1.29, 1.82) is 0 Å². The smallest absolute Gasteiger partial charge is 0.311 e. The fourth-order valence-electron chi connectivity index (χ4n) is 1.09. The molecule has 1 aliphatic carbocycles. The third-order valence-electron chi connectivity index (χ3n) is 1.83. The Kier molecular flexibility index (Phi) is 1.82. The first-order valence-corrected chi connectivity index (χ1v) is 3.15. The maximum Gasteiger partial charge on any atom is 0.311 e. The van der Waals surface area contributed by atoms with E-state index in [0.717, 1.165) is 0 Å². The van der Waals surface area contributed by atoms with Gasteiger partial charge in [-0.2, -0.15) is 0 Å². The van der Waals surface area contributed by atoms with E-state index in [9.17, 15) is 9.59 Å². The average Bonchev–Trinajstić information content (AvgIpc) is 2.60. The van der Waals surface area contributed by atoms with Gasteiger partial charge < -0.3 is 15.6 Å². The first-order chi connectivity index (χ1) is 5.09. The number of aliphatic carboxylic acids is 1. The first-order valence-electron chi connectivity index (χ1n) is 3.15. The van der Waals surface area contributed by atoms with Gasteiger partial charge in [-0.25, -0.2) is 0 Å². The number of carbonyl (C=O) groups excluding carboxylic acids is 1. The van der Waals surface area contributed by atoms with Crippen LogP contribution in [-0.4, -0.2) is 30.2 Å². The molecule has 0 aromatic rings. The van der Waals surface area contributed by atoms with Crippen LogP contribution < -0.4 is 5.73 Å². The molecule has 1 saturated carbocycles. The van der Waals surface area contributed by atoms with Gasteiger partial charge in [-0.1, -0.05) is 0 Å². The van der Waals surface area contributed by atoms with E-state index in [0.29, 0.717) is 0 Å². The summed E-state index contributed by atoms with van der Waals surface area (Å²) in [5, 5.41) is 8.45. The van der Waals surface area contributed by atoms with E-state index in [2.05, 4.69) is 4.74 Å². The Morgan fingerprint density at radius 1 is 1.45 bits per heavy atom. The van der Waals surface area contributed by atoms with Crippen LogP contribution in [0.4, 0.5) is 0 Å². The minimum atomic E-state index is -1.03. The summed E-state index contributed by atoms with van der Waals surface area (Å²) in [5.74, 6) is -2.96. The number of carboxylic acids is 1. The zero-order chi connectivity index (χ0) is 8.59. The van der Waals surface area contributed by atoms with Crippen molar-refractivity contribution >= 4 is 11.9 Å². The Bertz CT molecular complexity index is 203. The molecule has 0 aromatic heterocycles. The summed E-state index contributed by atoms with van der Waals surface area (Å²) in [7, 11) is 1.21. The van der Waals surface area contributed by atoms with Gasteiger partial charge in [0.15, 0.2) is 0 Å². The molecule has 0 amide bonds. The summed E-state index contributed by atoms with van der Waals surface area (Å²) >= 11 is 0. The van der Waals surface area contributed by atoms with E-state index < -0.39 is 29.8 Å². The Morgan fingerprint density at radius 3 is 2.27 bits per heavy atom. The molecule has 0 saturated heterocycles. The molecule has 11 heavy (non-hydrogen) atoms. The lowest BCUT2D eigenvalue weighted by molar-refractivity contribution is -0.146. The largest absolute Gasteiger partial charge is 0.481 e. The maximum absolute atomic E-state index is 10.7. The molecule has 0 spiro atoms. The van der Waals surface area contributed by atoms with Crippen LogP contribution in [0, 0.1) is 11.8 Å². The number of esters is 1. The molecular formula is C6H9NO4. The molecule has 3 N–H and O–H groups in total. The lowest BCUT2D eigenvalue weighted by Crippen LogP contribution is -2.11. The highest BCUT2D eigenvalue weighted by molar-refractivity contribution is 5.88. The molecule has 0 radical (unpaired) electrons. The lowest BCUT2D eigenvalue weighted by Gasteiger charge is -1.92. The van der Waals surface area contributed by atoms with E-state index in [1.807, 2.05) is 0 Å². The standard InChI is InChI=1S/C6H9NO4/c1-11-6(10)3-2(4(3)7)5(8)9/h2-4H,7H2,1H3,(H,8,9)/t2-,3-,4-/m1/s1. The van der Waals surface area contributed by atoms with Crippen molar-refractivity contribution in [2.45, 2.75) is 6.04 Å². The molecule has 1 fully saturated rings. The molecule has 3 atom stereocenters. The minimum Gasteiger partial charge on any atom is -0.481 e. The zero-order valence-electron chi connectivity index (χ0n) is 5.98. The number of nitrogens with two attached hydrogens (primary N) is 1. The number of methoxy groups -OCH3 is 1. The number of hydrogen-bond acceptors (Lipinski definition) is 4. The third-order valence-corrected chi connectivity index (χ3v) is 1.83. The quantitative estimate of drug-likeness (QED) is 0.495. The topological polar surface area (TPSA) is 89.6 Å². The van der Waals surface area contributed by atoms with Crippen molar-refractivity contribution in [3.05, 3.63) is 0 Å². The van der Waals surface area contributed by atoms with Gasteiger partial charge in [0, 0.05) is 6.04 Å². The summed E-state index contributed by atoms with van der Waals surface area (Å²) in [5.41, 5.74) is 5.31. The second kappa shape index (κ2) is 2.50. The number of carbonyl (C=O) groups is 2. The summed E-state index contributed by atoms with van der Waals surface area (Å²) < 4.78 is 4.34. The monoisotopic (exact) mass is 159 g/mol. The van der Waals surface area contributed by atoms with Gasteiger partial charge in [-0.15, -0.1) is 0 Å². The van der Waals surface area contributed by atoms with Crippen molar-refractivity contribution < 1.29 is 19.4 Å². The molecule has 62 valence electrons. The van der Waals surface area contributed by atoms with E-state index in [1.54, 1.807) is 0 Å². The third kappa shape index (κ3) is 1.19. The van der Waals surface area contributed by atoms with E-state index >= 15 is 0 Å². The molecule has 1 rings (SSSR count). The van der Waals surface area contributed by atoms with E-state index in [-0.39, 0.29) is 0 Å². The number of carboxylic acid groups (broad SMARTS) is 1. The molecule has 0 aliphatic heterocycles. The average molecular weight is 159 g/mol. The first kappa shape index (κ1) is 8.00. The second-order valence-corrected chi connectivity index (χ2v) is 2.49.